The number of carboxylic acid groups (broad SMARTS) is 1. The number of ether oxygens (including phenoxy) is 1. The van der Waals surface area contributed by atoms with Crippen molar-refractivity contribution in [1.29, 1.82) is 0 Å². The number of amides is 1. The van der Waals surface area contributed by atoms with Crippen LogP contribution in [0.4, 0.5) is 0 Å². The van der Waals surface area contributed by atoms with E-state index in [0.29, 0.717) is 12.2 Å². The van der Waals surface area contributed by atoms with E-state index in [0.717, 1.165) is 0 Å². The molecular weight excluding hydrogens is 222 g/mol. The summed E-state index contributed by atoms with van der Waals surface area (Å²) in [6, 6.07) is 8.94. The maximum atomic E-state index is 11.6. The predicted octanol–water partition coefficient (Wildman–Crippen LogP) is 1.04. The van der Waals surface area contributed by atoms with Crippen molar-refractivity contribution in [3.05, 3.63) is 30.3 Å². The van der Waals surface area contributed by atoms with E-state index in [4.69, 9.17) is 9.84 Å². The Hall–Kier alpha value is -2.04. The van der Waals surface area contributed by atoms with Crippen LogP contribution < -0.4 is 10.1 Å². The van der Waals surface area contributed by atoms with Crippen molar-refractivity contribution >= 4 is 11.9 Å². The van der Waals surface area contributed by atoms with Gasteiger partial charge in [-0.3, -0.25) is 9.59 Å². The van der Waals surface area contributed by atoms with Crippen LogP contribution in [0.5, 0.6) is 5.75 Å². The molecule has 17 heavy (non-hydrogen) atoms. The van der Waals surface area contributed by atoms with E-state index in [1.807, 2.05) is 6.07 Å². The Labute approximate surface area is 99.4 Å². The average Bonchev–Trinajstić information content (AvgIpc) is 2.34. The Bertz CT molecular complexity index is 377. The van der Waals surface area contributed by atoms with Gasteiger partial charge in [0.1, 0.15) is 12.3 Å². The molecule has 0 saturated carbocycles. The van der Waals surface area contributed by atoms with Crippen molar-refractivity contribution < 1.29 is 19.4 Å². The third-order valence-corrected chi connectivity index (χ3v) is 2.10. The molecule has 0 aliphatic rings. The summed E-state index contributed by atoms with van der Waals surface area (Å²) in [6.45, 7) is 1.40. The topological polar surface area (TPSA) is 75.6 Å². The molecule has 0 heterocycles. The van der Waals surface area contributed by atoms with Crippen molar-refractivity contribution in [3.8, 4) is 5.75 Å². The Morgan fingerprint density at radius 1 is 1.35 bits per heavy atom. The van der Waals surface area contributed by atoms with Gasteiger partial charge in [0.2, 0.25) is 0 Å². The molecule has 1 aromatic carbocycles. The van der Waals surface area contributed by atoms with E-state index < -0.39 is 24.5 Å². The van der Waals surface area contributed by atoms with Crippen LogP contribution in [-0.2, 0) is 9.59 Å². The number of carbonyl (C=O) groups is 2. The van der Waals surface area contributed by atoms with Crippen LogP contribution in [0.15, 0.2) is 30.3 Å². The summed E-state index contributed by atoms with van der Waals surface area (Å²) in [5, 5.41) is 10.7. The van der Waals surface area contributed by atoms with Gasteiger partial charge in [-0.25, -0.2) is 0 Å². The third kappa shape index (κ3) is 4.55. The van der Waals surface area contributed by atoms with E-state index in [1.54, 1.807) is 31.2 Å². The zero-order chi connectivity index (χ0) is 12.7. The second-order valence-corrected chi connectivity index (χ2v) is 3.44. The first-order chi connectivity index (χ1) is 8.13. The molecule has 0 bridgehead atoms. The van der Waals surface area contributed by atoms with E-state index in [9.17, 15) is 9.59 Å². The normalized spacial score (nSPS) is 11.6. The second kappa shape index (κ2) is 6.52. The van der Waals surface area contributed by atoms with Crippen LogP contribution in [0.1, 0.15) is 13.3 Å². The molecule has 1 unspecified atom stereocenters. The van der Waals surface area contributed by atoms with Crippen LogP contribution >= 0.6 is 0 Å². The molecule has 5 nitrogen and oxygen atoms in total. The Kier molecular flexibility index (Phi) is 5.00. The van der Waals surface area contributed by atoms with Gasteiger partial charge in [-0.1, -0.05) is 25.1 Å². The van der Waals surface area contributed by atoms with Crippen molar-refractivity contribution in [1.82, 2.24) is 5.32 Å². The number of nitrogens with one attached hydrogen (secondary N) is 1. The van der Waals surface area contributed by atoms with Gasteiger partial charge in [0.05, 0.1) is 0 Å². The lowest BCUT2D eigenvalue weighted by molar-refractivity contribution is -0.139. The second-order valence-electron chi connectivity index (χ2n) is 3.44. The highest BCUT2D eigenvalue weighted by Crippen LogP contribution is 2.12. The molecule has 1 amide bonds. The highest BCUT2D eigenvalue weighted by atomic mass is 16.5. The molecule has 0 spiro atoms. The molecule has 2 N–H and O–H groups in total. The van der Waals surface area contributed by atoms with E-state index >= 15 is 0 Å². The molecule has 0 saturated heterocycles. The van der Waals surface area contributed by atoms with Crippen LogP contribution in [0, 0.1) is 0 Å². The van der Waals surface area contributed by atoms with Gasteiger partial charge in [-0.15, -0.1) is 0 Å². The van der Waals surface area contributed by atoms with Gasteiger partial charge in [0.15, 0.2) is 6.10 Å². The van der Waals surface area contributed by atoms with Crippen molar-refractivity contribution in [2.24, 2.45) is 0 Å². The Morgan fingerprint density at radius 2 is 2.00 bits per heavy atom. The standard InChI is InChI=1S/C12H15NO4/c1-2-10(12(16)13-8-11(14)15)17-9-6-4-3-5-7-9/h3-7,10H,2,8H2,1H3,(H,13,16)(H,14,15). The fraction of sp³-hybridized carbons (Fsp3) is 0.333. The number of hydrogen-bond donors (Lipinski definition) is 2. The first kappa shape index (κ1) is 13.0. The monoisotopic (exact) mass is 237 g/mol. The molecule has 0 fully saturated rings. The summed E-state index contributed by atoms with van der Waals surface area (Å²) in [6.07, 6.45) is -0.197. The van der Waals surface area contributed by atoms with Gasteiger partial charge in [-0.05, 0) is 18.6 Å². The number of para-hydroxylation sites is 1. The third-order valence-electron chi connectivity index (χ3n) is 2.10. The molecule has 92 valence electrons. The maximum Gasteiger partial charge on any atom is 0.322 e. The summed E-state index contributed by atoms with van der Waals surface area (Å²) >= 11 is 0. The fourth-order valence-electron chi connectivity index (χ4n) is 1.26. The van der Waals surface area contributed by atoms with Crippen LogP contribution in [-0.4, -0.2) is 29.6 Å². The highest BCUT2D eigenvalue weighted by molar-refractivity contribution is 5.84. The molecule has 5 heteroatoms. The maximum absolute atomic E-state index is 11.6. The lowest BCUT2D eigenvalue weighted by Crippen LogP contribution is -2.40. The van der Waals surface area contributed by atoms with Gasteiger partial charge >= 0.3 is 5.97 Å². The largest absolute Gasteiger partial charge is 0.481 e. The van der Waals surface area contributed by atoms with Gasteiger partial charge in [0.25, 0.3) is 5.91 Å². The first-order valence-electron chi connectivity index (χ1n) is 5.34. The fourth-order valence-corrected chi connectivity index (χ4v) is 1.26. The zero-order valence-corrected chi connectivity index (χ0v) is 9.55. The average molecular weight is 237 g/mol. The molecule has 0 aliphatic carbocycles. The molecule has 0 aromatic heterocycles. The van der Waals surface area contributed by atoms with E-state index in [-0.39, 0.29) is 0 Å². The number of rotatable bonds is 6. The summed E-state index contributed by atoms with van der Waals surface area (Å²) in [5.74, 6) is -0.906. The quantitative estimate of drug-likeness (QED) is 0.775. The number of benzene rings is 1. The number of aliphatic carboxylic acids is 1. The lowest BCUT2D eigenvalue weighted by atomic mass is 10.2. The van der Waals surface area contributed by atoms with Gasteiger partial charge in [-0.2, -0.15) is 0 Å². The lowest BCUT2D eigenvalue weighted by Gasteiger charge is -2.16. The summed E-state index contributed by atoms with van der Waals surface area (Å²) < 4.78 is 5.45. The van der Waals surface area contributed by atoms with E-state index in [2.05, 4.69) is 5.32 Å². The molecule has 1 atom stereocenters. The van der Waals surface area contributed by atoms with E-state index in [1.165, 1.54) is 0 Å². The number of carbonyl (C=O) groups excluding carboxylic acids is 1. The smallest absolute Gasteiger partial charge is 0.322 e. The minimum Gasteiger partial charge on any atom is -0.481 e. The Balaban J connectivity index is 2.53. The zero-order valence-electron chi connectivity index (χ0n) is 9.55. The first-order valence-corrected chi connectivity index (χ1v) is 5.34. The SMILES string of the molecule is CCC(Oc1ccccc1)C(=O)NCC(=O)O. The molecule has 0 radical (unpaired) electrons. The Morgan fingerprint density at radius 3 is 2.53 bits per heavy atom. The van der Waals surface area contributed by atoms with Crippen LogP contribution in [0.2, 0.25) is 0 Å². The van der Waals surface area contributed by atoms with Gasteiger partial charge in [0, 0.05) is 0 Å². The summed E-state index contributed by atoms with van der Waals surface area (Å²) in [7, 11) is 0. The summed E-state index contributed by atoms with van der Waals surface area (Å²) in [4.78, 5) is 21.9. The van der Waals surface area contributed by atoms with Crippen molar-refractivity contribution in [2.45, 2.75) is 19.4 Å². The van der Waals surface area contributed by atoms with Gasteiger partial charge < -0.3 is 15.2 Å². The molecule has 0 aliphatic heterocycles. The molecular formula is C12H15NO4. The highest BCUT2D eigenvalue weighted by Gasteiger charge is 2.18. The predicted molar refractivity (Wildman–Crippen MR) is 61.8 cm³/mol. The minimum absolute atomic E-state index is 0.395. The van der Waals surface area contributed by atoms with Crippen molar-refractivity contribution in [3.63, 3.8) is 0 Å². The van der Waals surface area contributed by atoms with Crippen LogP contribution in [0.3, 0.4) is 0 Å². The minimum atomic E-state index is -1.08. The molecule has 1 aromatic rings. The van der Waals surface area contributed by atoms with Crippen molar-refractivity contribution in [2.75, 3.05) is 6.54 Å². The molecule has 1 rings (SSSR count). The number of carboxylic acids is 1. The number of hydrogen-bond acceptors (Lipinski definition) is 3. The van der Waals surface area contributed by atoms with Crippen LogP contribution in [0.25, 0.3) is 0 Å². The summed E-state index contributed by atoms with van der Waals surface area (Å²) in [5.41, 5.74) is 0.